The molecule has 1 aromatic carbocycles. The molecular weight excluding hydrogens is 256 g/mol. The average molecular weight is 272 g/mol. The van der Waals surface area contributed by atoms with Crippen molar-refractivity contribution in [3.63, 3.8) is 0 Å². The first-order chi connectivity index (χ1) is 9.09. The molecule has 2 rings (SSSR count). The minimum Gasteiger partial charge on any atom is -0.352 e. The van der Waals surface area contributed by atoms with Crippen LogP contribution < -0.4 is 5.32 Å². The summed E-state index contributed by atoms with van der Waals surface area (Å²) in [5.41, 5.74) is 2.77. The van der Waals surface area contributed by atoms with Crippen molar-refractivity contribution in [3.05, 3.63) is 63.9 Å². The van der Waals surface area contributed by atoms with E-state index in [2.05, 4.69) is 10.3 Å². The van der Waals surface area contributed by atoms with Crippen molar-refractivity contribution in [2.75, 3.05) is 0 Å². The average Bonchev–Trinajstić information content (AvgIpc) is 2.39. The van der Waals surface area contributed by atoms with Crippen LogP contribution in [-0.4, -0.2) is 10.9 Å². The molecule has 0 fully saturated rings. The Bertz CT molecular complexity index is 648. The Labute approximate surface area is 117 Å². The van der Waals surface area contributed by atoms with E-state index in [1.165, 1.54) is 0 Å². The van der Waals surface area contributed by atoms with Gasteiger partial charge in [0.25, 0.3) is 5.91 Å². The number of hydrogen-bond acceptors (Lipinski definition) is 2. The van der Waals surface area contributed by atoms with Gasteiger partial charge in [0, 0.05) is 6.20 Å². The molecule has 0 saturated heterocycles. The highest BCUT2D eigenvalue weighted by Crippen LogP contribution is 2.17. The number of nitrogens with one attached hydrogen (secondary N) is 2. The normalized spacial score (nSPS) is 11.9. The van der Waals surface area contributed by atoms with E-state index in [1.54, 1.807) is 18.3 Å². The molecule has 0 aliphatic rings. The molecular formula is C15H16N2OS. The smallest absolute Gasteiger partial charge is 0.254 e. The fourth-order valence-corrected chi connectivity index (χ4v) is 2.25. The molecule has 0 aliphatic carbocycles. The molecule has 0 radical (unpaired) electrons. The molecule has 3 nitrogen and oxygen atoms in total. The largest absolute Gasteiger partial charge is 0.352 e. The lowest BCUT2D eigenvalue weighted by atomic mass is 10.0. The quantitative estimate of drug-likeness (QED) is 0.839. The molecule has 1 heterocycles. The third kappa shape index (κ3) is 3.09. The van der Waals surface area contributed by atoms with Crippen molar-refractivity contribution in [1.82, 2.24) is 10.3 Å². The number of rotatable bonds is 3. The maximum absolute atomic E-state index is 12.2. The Hall–Kier alpha value is -1.94. The van der Waals surface area contributed by atoms with Gasteiger partial charge in [-0.1, -0.05) is 36.5 Å². The maximum atomic E-state index is 12.2. The highest BCUT2D eigenvalue weighted by molar-refractivity contribution is 7.71. The molecule has 2 aromatic rings. The monoisotopic (exact) mass is 272 g/mol. The van der Waals surface area contributed by atoms with Crippen molar-refractivity contribution >= 4 is 18.1 Å². The predicted molar refractivity (Wildman–Crippen MR) is 78.7 cm³/mol. The molecule has 4 heteroatoms. The van der Waals surface area contributed by atoms with Crippen LogP contribution in [0, 0.1) is 11.6 Å². The summed E-state index contributed by atoms with van der Waals surface area (Å²) in [6.07, 6.45) is 1.71. The van der Waals surface area contributed by atoms with Gasteiger partial charge in [-0.25, -0.2) is 0 Å². The van der Waals surface area contributed by atoms with Crippen LogP contribution in [0.5, 0.6) is 0 Å². The number of H-pyrrole nitrogens is 1. The number of aryl methyl sites for hydroxylation is 1. The molecule has 2 N–H and O–H groups in total. The van der Waals surface area contributed by atoms with E-state index >= 15 is 0 Å². The number of aromatic amines is 1. The predicted octanol–water partition coefficient (Wildman–Crippen LogP) is 3.54. The first-order valence-electron chi connectivity index (χ1n) is 6.13. The topological polar surface area (TPSA) is 44.9 Å². The van der Waals surface area contributed by atoms with Crippen molar-refractivity contribution in [2.45, 2.75) is 19.9 Å². The second-order valence-corrected chi connectivity index (χ2v) is 4.87. The van der Waals surface area contributed by atoms with Gasteiger partial charge >= 0.3 is 0 Å². The van der Waals surface area contributed by atoms with Gasteiger partial charge in [0.05, 0.1) is 11.6 Å². The van der Waals surface area contributed by atoms with Crippen LogP contribution in [0.2, 0.25) is 0 Å². The third-order valence-electron chi connectivity index (χ3n) is 3.07. The van der Waals surface area contributed by atoms with Gasteiger partial charge < -0.3 is 10.3 Å². The molecule has 0 aliphatic heterocycles. The second-order valence-electron chi connectivity index (χ2n) is 4.46. The van der Waals surface area contributed by atoms with Crippen LogP contribution in [0.4, 0.5) is 0 Å². The van der Waals surface area contributed by atoms with Crippen molar-refractivity contribution < 1.29 is 4.79 Å². The first kappa shape index (κ1) is 13.5. The van der Waals surface area contributed by atoms with Gasteiger partial charge in [0.1, 0.15) is 4.64 Å². The first-order valence-corrected chi connectivity index (χ1v) is 6.54. The summed E-state index contributed by atoms with van der Waals surface area (Å²) >= 11 is 5.11. The van der Waals surface area contributed by atoms with Crippen molar-refractivity contribution in [3.8, 4) is 0 Å². The van der Waals surface area contributed by atoms with Crippen molar-refractivity contribution in [1.29, 1.82) is 0 Å². The summed E-state index contributed by atoms with van der Waals surface area (Å²) in [4.78, 5) is 15.0. The zero-order valence-corrected chi connectivity index (χ0v) is 11.8. The standard InChI is InChI=1S/C15H16N2OS/c1-10-6-3-4-7-12(10)11(2)17-14(18)13-8-5-9-16-15(13)19/h3-9,11H,1-2H3,(H,16,19)(H,17,18). The number of carbonyl (C=O) groups is 1. The van der Waals surface area contributed by atoms with Gasteiger partial charge in [-0.05, 0) is 37.1 Å². The van der Waals surface area contributed by atoms with E-state index < -0.39 is 0 Å². The van der Waals surface area contributed by atoms with E-state index in [0.717, 1.165) is 11.1 Å². The van der Waals surface area contributed by atoms with Gasteiger partial charge in [-0.3, -0.25) is 4.79 Å². The van der Waals surface area contributed by atoms with Crippen LogP contribution in [0.1, 0.15) is 34.5 Å². The summed E-state index contributed by atoms with van der Waals surface area (Å²) in [6, 6.07) is 11.4. The van der Waals surface area contributed by atoms with Crippen LogP contribution in [0.3, 0.4) is 0 Å². The number of carbonyl (C=O) groups excluding carboxylic acids is 1. The van der Waals surface area contributed by atoms with Gasteiger partial charge in [-0.15, -0.1) is 0 Å². The van der Waals surface area contributed by atoms with Gasteiger partial charge in [-0.2, -0.15) is 0 Å². The highest BCUT2D eigenvalue weighted by Gasteiger charge is 2.13. The lowest BCUT2D eigenvalue weighted by Gasteiger charge is -2.16. The number of hydrogen-bond donors (Lipinski definition) is 2. The van der Waals surface area contributed by atoms with Crippen molar-refractivity contribution in [2.24, 2.45) is 0 Å². The third-order valence-corrected chi connectivity index (χ3v) is 3.40. The summed E-state index contributed by atoms with van der Waals surface area (Å²) in [5.74, 6) is -0.155. The Morgan fingerprint density at radius 3 is 2.68 bits per heavy atom. The fraction of sp³-hybridized carbons (Fsp3) is 0.200. The minimum absolute atomic E-state index is 0.0525. The molecule has 1 atom stereocenters. The molecule has 0 saturated carbocycles. The molecule has 98 valence electrons. The van der Waals surface area contributed by atoms with Crippen LogP contribution in [-0.2, 0) is 0 Å². The van der Waals surface area contributed by atoms with E-state index in [0.29, 0.717) is 10.2 Å². The zero-order valence-electron chi connectivity index (χ0n) is 10.9. The lowest BCUT2D eigenvalue weighted by Crippen LogP contribution is -2.27. The number of aromatic nitrogens is 1. The lowest BCUT2D eigenvalue weighted by molar-refractivity contribution is 0.0939. The summed E-state index contributed by atoms with van der Waals surface area (Å²) < 4.78 is 0.456. The van der Waals surface area contributed by atoms with E-state index in [4.69, 9.17) is 12.2 Å². The Morgan fingerprint density at radius 2 is 2.00 bits per heavy atom. The van der Waals surface area contributed by atoms with E-state index in [9.17, 15) is 4.79 Å². The molecule has 1 aromatic heterocycles. The Kier molecular flexibility index (Phi) is 4.12. The summed E-state index contributed by atoms with van der Waals surface area (Å²) in [5, 5.41) is 2.97. The Morgan fingerprint density at radius 1 is 1.26 bits per heavy atom. The van der Waals surface area contributed by atoms with Gasteiger partial charge in [0.2, 0.25) is 0 Å². The zero-order chi connectivity index (χ0) is 13.8. The second kappa shape index (κ2) is 5.80. The highest BCUT2D eigenvalue weighted by atomic mass is 32.1. The number of amides is 1. The molecule has 0 spiro atoms. The Balaban J connectivity index is 2.18. The molecule has 19 heavy (non-hydrogen) atoms. The van der Waals surface area contributed by atoms with Gasteiger partial charge in [0.15, 0.2) is 0 Å². The fourth-order valence-electron chi connectivity index (χ4n) is 2.03. The summed E-state index contributed by atoms with van der Waals surface area (Å²) in [6.45, 7) is 4.00. The number of benzene rings is 1. The van der Waals surface area contributed by atoms with Crippen LogP contribution >= 0.6 is 12.2 Å². The molecule has 1 unspecified atom stereocenters. The SMILES string of the molecule is Cc1ccccc1C(C)NC(=O)c1ccc[nH]c1=S. The maximum Gasteiger partial charge on any atom is 0.254 e. The van der Waals surface area contributed by atoms with Crippen LogP contribution in [0.15, 0.2) is 42.6 Å². The number of pyridine rings is 1. The van der Waals surface area contributed by atoms with E-state index in [-0.39, 0.29) is 11.9 Å². The van der Waals surface area contributed by atoms with Crippen LogP contribution in [0.25, 0.3) is 0 Å². The minimum atomic E-state index is -0.155. The van der Waals surface area contributed by atoms with E-state index in [1.807, 2.05) is 38.1 Å². The molecule has 0 bridgehead atoms. The molecule has 1 amide bonds. The summed E-state index contributed by atoms with van der Waals surface area (Å²) in [7, 11) is 0.